The van der Waals surface area contributed by atoms with Gasteiger partial charge in [0, 0.05) is 5.57 Å². The van der Waals surface area contributed by atoms with E-state index in [1.165, 1.54) is 6.92 Å². The Morgan fingerprint density at radius 2 is 1.82 bits per heavy atom. The molecule has 1 N–H and O–H groups in total. The average molecular weight is 226 g/mol. The Kier molecular flexibility index (Phi) is 3.07. The molecule has 0 aliphatic rings. The lowest BCUT2D eigenvalue weighted by atomic mass is 9.98. The largest absolute Gasteiger partial charge is 0.384 e. The molecule has 86 valence electrons. The first-order valence-electron chi connectivity index (χ1n) is 5.46. The first-order chi connectivity index (χ1) is 8.09. The second-order valence-corrected chi connectivity index (χ2v) is 4.09. The minimum absolute atomic E-state index is 0.189. The monoisotopic (exact) mass is 226 g/mol. The van der Waals surface area contributed by atoms with Crippen LogP contribution in [0.15, 0.2) is 54.6 Å². The molecule has 0 radical (unpaired) electrons. The lowest BCUT2D eigenvalue weighted by Crippen LogP contribution is -2.07. The fourth-order valence-electron chi connectivity index (χ4n) is 1.77. The van der Waals surface area contributed by atoms with E-state index in [0.717, 1.165) is 10.8 Å². The van der Waals surface area contributed by atoms with Gasteiger partial charge in [0.15, 0.2) is 5.78 Å². The average Bonchev–Trinajstić information content (AvgIpc) is 2.36. The third kappa shape index (κ3) is 2.27. The topological polar surface area (TPSA) is 37.3 Å². The lowest BCUT2D eigenvalue weighted by Gasteiger charge is -2.12. The Labute approximate surface area is 100 Å². The molecule has 0 amide bonds. The number of hydrogen-bond donors (Lipinski definition) is 1. The molecule has 17 heavy (non-hydrogen) atoms. The second kappa shape index (κ2) is 4.52. The molecule has 0 bridgehead atoms. The molecule has 2 aromatic rings. The summed E-state index contributed by atoms with van der Waals surface area (Å²) in [6, 6.07) is 13.5. The number of benzene rings is 2. The van der Waals surface area contributed by atoms with Crippen molar-refractivity contribution in [2.24, 2.45) is 0 Å². The third-order valence-corrected chi connectivity index (χ3v) is 2.87. The number of carbonyl (C=O) groups is 1. The van der Waals surface area contributed by atoms with E-state index in [2.05, 4.69) is 6.58 Å². The normalized spacial score (nSPS) is 12.4. The number of rotatable bonds is 3. The van der Waals surface area contributed by atoms with E-state index in [1.807, 2.05) is 42.5 Å². The quantitative estimate of drug-likeness (QED) is 0.817. The molecule has 2 nitrogen and oxygen atoms in total. The highest BCUT2D eigenvalue weighted by Crippen LogP contribution is 2.24. The minimum Gasteiger partial charge on any atom is -0.384 e. The lowest BCUT2D eigenvalue weighted by molar-refractivity contribution is -0.114. The van der Waals surface area contributed by atoms with Crippen molar-refractivity contribution in [3.63, 3.8) is 0 Å². The summed E-state index contributed by atoms with van der Waals surface area (Å²) >= 11 is 0. The number of Topliss-reactive ketones (excluding diaryl/α,β-unsaturated/α-hetero) is 1. The molecule has 0 aliphatic heterocycles. The highest BCUT2D eigenvalue weighted by Gasteiger charge is 2.15. The van der Waals surface area contributed by atoms with Gasteiger partial charge in [-0.05, 0) is 29.3 Å². The molecule has 0 heterocycles. The maximum atomic E-state index is 11.2. The third-order valence-electron chi connectivity index (χ3n) is 2.87. The molecule has 0 saturated heterocycles. The van der Waals surface area contributed by atoms with Crippen LogP contribution < -0.4 is 0 Å². The van der Waals surface area contributed by atoms with Crippen molar-refractivity contribution < 1.29 is 9.90 Å². The molecule has 2 heteroatoms. The van der Waals surface area contributed by atoms with Crippen molar-refractivity contribution in [3.05, 3.63) is 60.2 Å². The van der Waals surface area contributed by atoms with Gasteiger partial charge in [0.25, 0.3) is 0 Å². The summed E-state index contributed by atoms with van der Waals surface area (Å²) in [6.07, 6.45) is -0.919. The van der Waals surface area contributed by atoms with E-state index in [1.54, 1.807) is 0 Å². The van der Waals surface area contributed by atoms with Gasteiger partial charge < -0.3 is 5.11 Å². The maximum Gasteiger partial charge on any atom is 0.158 e. The number of aliphatic hydroxyl groups is 1. The summed E-state index contributed by atoms with van der Waals surface area (Å²) in [4.78, 5) is 11.2. The first-order valence-corrected chi connectivity index (χ1v) is 5.46. The summed E-state index contributed by atoms with van der Waals surface area (Å²) in [5.74, 6) is -0.189. The number of hydrogen-bond acceptors (Lipinski definition) is 2. The Bertz CT molecular complexity index is 584. The molecule has 1 atom stereocenters. The van der Waals surface area contributed by atoms with E-state index in [0.29, 0.717) is 5.56 Å². The highest BCUT2D eigenvalue weighted by molar-refractivity contribution is 5.94. The summed E-state index contributed by atoms with van der Waals surface area (Å²) in [7, 11) is 0. The SMILES string of the molecule is C=C(C(C)=O)C(O)c1ccc2ccccc2c1. The van der Waals surface area contributed by atoms with Crippen LogP contribution in [0.2, 0.25) is 0 Å². The number of carbonyl (C=O) groups excluding carboxylic acids is 1. The van der Waals surface area contributed by atoms with E-state index >= 15 is 0 Å². The van der Waals surface area contributed by atoms with Crippen molar-refractivity contribution in [2.45, 2.75) is 13.0 Å². The summed E-state index contributed by atoms with van der Waals surface area (Å²) in [6.45, 7) is 5.02. The van der Waals surface area contributed by atoms with Gasteiger partial charge in [0.1, 0.15) is 6.10 Å². The van der Waals surface area contributed by atoms with Gasteiger partial charge in [-0.3, -0.25) is 4.79 Å². The predicted molar refractivity (Wildman–Crippen MR) is 68.7 cm³/mol. The van der Waals surface area contributed by atoms with Crippen molar-refractivity contribution in [1.29, 1.82) is 0 Å². The minimum atomic E-state index is -0.919. The van der Waals surface area contributed by atoms with Gasteiger partial charge in [-0.25, -0.2) is 0 Å². The molecule has 1 unspecified atom stereocenters. The standard InChI is InChI=1S/C15H14O2/c1-10(11(2)16)15(17)14-8-7-12-5-3-4-6-13(12)9-14/h3-9,15,17H,1H2,2H3. The van der Waals surface area contributed by atoms with E-state index in [4.69, 9.17) is 0 Å². The van der Waals surface area contributed by atoms with Gasteiger partial charge >= 0.3 is 0 Å². The zero-order valence-corrected chi connectivity index (χ0v) is 9.68. The Morgan fingerprint density at radius 3 is 2.47 bits per heavy atom. The zero-order chi connectivity index (χ0) is 12.4. The van der Waals surface area contributed by atoms with Gasteiger partial charge in [0.05, 0.1) is 0 Å². The molecule has 0 spiro atoms. The van der Waals surface area contributed by atoms with Crippen LogP contribution in [-0.2, 0) is 4.79 Å². The second-order valence-electron chi connectivity index (χ2n) is 4.09. The van der Waals surface area contributed by atoms with Crippen molar-refractivity contribution >= 4 is 16.6 Å². The number of fused-ring (bicyclic) bond motifs is 1. The Morgan fingerprint density at radius 1 is 1.18 bits per heavy atom. The predicted octanol–water partition coefficient (Wildman–Crippen LogP) is 3.02. The van der Waals surface area contributed by atoms with Crippen LogP contribution in [0.25, 0.3) is 10.8 Å². The van der Waals surface area contributed by atoms with E-state index < -0.39 is 6.10 Å². The molecule has 0 fully saturated rings. The Hall–Kier alpha value is -1.93. The molecule has 2 aromatic carbocycles. The molecule has 0 saturated carbocycles. The van der Waals surface area contributed by atoms with Gasteiger partial charge in [-0.2, -0.15) is 0 Å². The van der Waals surface area contributed by atoms with Gasteiger partial charge in [-0.15, -0.1) is 0 Å². The summed E-state index contributed by atoms with van der Waals surface area (Å²) < 4.78 is 0. The molecule has 0 aliphatic carbocycles. The zero-order valence-electron chi connectivity index (χ0n) is 9.68. The maximum absolute atomic E-state index is 11.2. The van der Waals surface area contributed by atoms with Crippen LogP contribution in [0, 0.1) is 0 Å². The molecule has 2 rings (SSSR count). The molecule has 0 aromatic heterocycles. The van der Waals surface area contributed by atoms with Crippen LogP contribution in [-0.4, -0.2) is 10.9 Å². The smallest absolute Gasteiger partial charge is 0.158 e. The van der Waals surface area contributed by atoms with Crippen LogP contribution in [0.3, 0.4) is 0 Å². The number of ketones is 1. The summed E-state index contributed by atoms with van der Waals surface area (Å²) in [5, 5.41) is 12.1. The van der Waals surface area contributed by atoms with Crippen LogP contribution >= 0.6 is 0 Å². The fourth-order valence-corrected chi connectivity index (χ4v) is 1.77. The van der Waals surface area contributed by atoms with Crippen molar-refractivity contribution in [1.82, 2.24) is 0 Å². The number of aliphatic hydroxyl groups excluding tert-OH is 1. The Balaban J connectivity index is 2.43. The summed E-state index contributed by atoms with van der Waals surface area (Å²) in [5.41, 5.74) is 0.921. The van der Waals surface area contributed by atoms with E-state index in [-0.39, 0.29) is 11.4 Å². The highest BCUT2D eigenvalue weighted by atomic mass is 16.3. The fraction of sp³-hybridized carbons (Fsp3) is 0.133. The van der Waals surface area contributed by atoms with Crippen molar-refractivity contribution in [2.75, 3.05) is 0 Å². The van der Waals surface area contributed by atoms with Gasteiger partial charge in [0.2, 0.25) is 0 Å². The van der Waals surface area contributed by atoms with Crippen LogP contribution in [0.5, 0.6) is 0 Å². The molecular formula is C15H14O2. The van der Waals surface area contributed by atoms with Gasteiger partial charge in [-0.1, -0.05) is 43.0 Å². The molecular weight excluding hydrogens is 212 g/mol. The first kappa shape index (κ1) is 11.6. The van der Waals surface area contributed by atoms with Crippen molar-refractivity contribution in [3.8, 4) is 0 Å². The van der Waals surface area contributed by atoms with Crippen LogP contribution in [0.1, 0.15) is 18.6 Å². The van der Waals surface area contributed by atoms with E-state index in [9.17, 15) is 9.90 Å². The van der Waals surface area contributed by atoms with Crippen LogP contribution in [0.4, 0.5) is 0 Å².